The summed E-state index contributed by atoms with van der Waals surface area (Å²) in [5.41, 5.74) is 3.89. The van der Waals surface area contributed by atoms with Gasteiger partial charge in [0.1, 0.15) is 0 Å². The zero-order valence-electron chi connectivity index (χ0n) is 11.4. The summed E-state index contributed by atoms with van der Waals surface area (Å²) in [5.74, 6) is 0. The molecule has 2 aromatic carbocycles. The molecule has 0 aliphatic heterocycles. The van der Waals surface area contributed by atoms with Crippen molar-refractivity contribution in [2.45, 2.75) is 26.9 Å². The Balaban J connectivity index is 2.61. The molecule has 1 heteroatoms. The minimum atomic E-state index is 0.662. The second kappa shape index (κ2) is 5.83. The Morgan fingerprint density at radius 3 is 2.44 bits per heavy atom. The largest absolute Gasteiger partial charge is 0.380 e. The number of fused-ring (bicyclic) bond motifs is 1. The van der Waals surface area contributed by atoms with E-state index < -0.39 is 0 Å². The van der Waals surface area contributed by atoms with Crippen LogP contribution in [0.15, 0.2) is 42.5 Å². The number of allylic oxidation sites excluding steroid dienone is 2. The van der Waals surface area contributed by atoms with Crippen LogP contribution in [-0.4, -0.2) is 7.11 Å². The monoisotopic (exact) mass is 240 g/mol. The van der Waals surface area contributed by atoms with Crippen molar-refractivity contribution in [2.75, 3.05) is 7.11 Å². The van der Waals surface area contributed by atoms with E-state index in [1.807, 2.05) is 0 Å². The zero-order valence-corrected chi connectivity index (χ0v) is 11.4. The maximum Gasteiger partial charge on any atom is 0.0719 e. The van der Waals surface area contributed by atoms with E-state index in [0.717, 1.165) is 6.42 Å². The second-order valence-corrected chi connectivity index (χ2v) is 4.58. The van der Waals surface area contributed by atoms with Crippen LogP contribution >= 0.6 is 0 Å². The summed E-state index contributed by atoms with van der Waals surface area (Å²) in [5, 5.41) is 2.56. The molecule has 0 spiro atoms. The molecule has 0 bridgehead atoms. The Morgan fingerprint density at radius 1 is 1.17 bits per heavy atom. The molecule has 2 rings (SSSR count). The van der Waals surface area contributed by atoms with E-state index in [2.05, 4.69) is 56.3 Å². The number of ether oxygens (including phenoxy) is 1. The lowest BCUT2D eigenvalue weighted by molar-refractivity contribution is 0.185. The molecule has 0 aliphatic rings. The number of rotatable bonds is 4. The standard InChI is InChI=1S/C17H20O/c1-4-7-13(2)17-11-15-9-6-5-8-14(15)10-16(17)12-18-3/h5-11H,4,12H2,1-3H3/b13-7+. The third-order valence-electron chi connectivity index (χ3n) is 3.21. The molecule has 0 saturated heterocycles. The predicted octanol–water partition coefficient (Wildman–Crippen LogP) is 4.80. The molecule has 0 N–H and O–H groups in total. The maximum absolute atomic E-state index is 5.32. The van der Waals surface area contributed by atoms with Crippen molar-refractivity contribution >= 4 is 16.3 Å². The van der Waals surface area contributed by atoms with Crippen LogP contribution in [0.25, 0.3) is 16.3 Å². The highest BCUT2D eigenvalue weighted by molar-refractivity contribution is 5.87. The molecule has 1 nitrogen and oxygen atoms in total. The topological polar surface area (TPSA) is 9.23 Å². The quantitative estimate of drug-likeness (QED) is 0.746. The first-order valence-corrected chi connectivity index (χ1v) is 6.44. The van der Waals surface area contributed by atoms with E-state index in [1.54, 1.807) is 7.11 Å². The average molecular weight is 240 g/mol. The zero-order chi connectivity index (χ0) is 13.0. The molecule has 94 valence electrons. The highest BCUT2D eigenvalue weighted by Crippen LogP contribution is 2.26. The van der Waals surface area contributed by atoms with Gasteiger partial charge < -0.3 is 4.74 Å². The van der Waals surface area contributed by atoms with Gasteiger partial charge in [-0.25, -0.2) is 0 Å². The minimum absolute atomic E-state index is 0.662. The van der Waals surface area contributed by atoms with Gasteiger partial charge in [-0.3, -0.25) is 0 Å². The van der Waals surface area contributed by atoms with Crippen molar-refractivity contribution in [1.82, 2.24) is 0 Å². The van der Waals surface area contributed by atoms with Crippen molar-refractivity contribution < 1.29 is 4.74 Å². The Kier molecular flexibility index (Phi) is 4.16. The molecular formula is C17H20O. The second-order valence-electron chi connectivity index (χ2n) is 4.58. The predicted molar refractivity (Wildman–Crippen MR) is 78.6 cm³/mol. The van der Waals surface area contributed by atoms with Gasteiger partial charge >= 0.3 is 0 Å². The number of methoxy groups -OCH3 is 1. The molecule has 0 aromatic heterocycles. The van der Waals surface area contributed by atoms with Gasteiger partial charge in [-0.2, -0.15) is 0 Å². The Bertz CT molecular complexity index is 567. The van der Waals surface area contributed by atoms with Crippen LogP contribution in [0.2, 0.25) is 0 Å². The van der Waals surface area contributed by atoms with Gasteiger partial charge in [0.25, 0.3) is 0 Å². The highest BCUT2D eigenvalue weighted by atomic mass is 16.5. The third-order valence-corrected chi connectivity index (χ3v) is 3.21. The van der Waals surface area contributed by atoms with Crippen LogP contribution in [0.5, 0.6) is 0 Å². The van der Waals surface area contributed by atoms with Crippen molar-refractivity contribution in [3.8, 4) is 0 Å². The smallest absolute Gasteiger partial charge is 0.0719 e. The minimum Gasteiger partial charge on any atom is -0.380 e. The van der Waals surface area contributed by atoms with Crippen LogP contribution < -0.4 is 0 Å². The molecular weight excluding hydrogens is 220 g/mol. The molecule has 0 atom stereocenters. The summed E-state index contributed by atoms with van der Waals surface area (Å²) < 4.78 is 5.32. The van der Waals surface area contributed by atoms with Gasteiger partial charge in [0, 0.05) is 7.11 Å². The fraction of sp³-hybridized carbons (Fsp3) is 0.294. The Hall–Kier alpha value is -1.60. The summed E-state index contributed by atoms with van der Waals surface area (Å²) >= 11 is 0. The molecule has 18 heavy (non-hydrogen) atoms. The van der Waals surface area contributed by atoms with E-state index in [1.165, 1.54) is 27.5 Å². The summed E-state index contributed by atoms with van der Waals surface area (Å²) in [6.45, 7) is 5.00. The molecule has 0 radical (unpaired) electrons. The number of benzene rings is 2. The number of hydrogen-bond donors (Lipinski definition) is 0. The van der Waals surface area contributed by atoms with Gasteiger partial charge in [-0.15, -0.1) is 0 Å². The highest BCUT2D eigenvalue weighted by Gasteiger charge is 2.06. The lowest BCUT2D eigenvalue weighted by Gasteiger charge is -2.12. The molecule has 0 amide bonds. The van der Waals surface area contributed by atoms with Gasteiger partial charge in [0.2, 0.25) is 0 Å². The van der Waals surface area contributed by atoms with Crippen molar-refractivity contribution in [1.29, 1.82) is 0 Å². The van der Waals surface area contributed by atoms with E-state index in [9.17, 15) is 0 Å². The lowest BCUT2D eigenvalue weighted by Crippen LogP contribution is -1.95. The Labute approximate surface area is 109 Å². The van der Waals surface area contributed by atoms with Crippen LogP contribution in [0.1, 0.15) is 31.4 Å². The summed E-state index contributed by atoms with van der Waals surface area (Å²) in [6, 6.07) is 13.0. The fourth-order valence-electron chi connectivity index (χ4n) is 2.35. The normalized spacial score (nSPS) is 12.1. The van der Waals surface area contributed by atoms with E-state index >= 15 is 0 Å². The van der Waals surface area contributed by atoms with Crippen LogP contribution in [0, 0.1) is 0 Å². The van der Waals surface area contributed by atoms with Crippen LogP contribution in [-0.2, 0) is 11.3 Å². The van der Waals surface area contributed by atoms with Gasteiger partial charge in [-0.05, 0) is 52.9 Å². The molecule has 0 aliphatic carbocycles. The van der Waals surface area contributed by atoms with Gasteiger partial charge in [-0.1, -0.05) is 37.3 Å². The van der Waals surface area contributed by atoms with Crippen molar-refractivity contribution in [2.24, 2.45) is 0 Å². The molecule has 0 saturated carbocycles. The first-order chi connectivity index (χ1) is 8.76. The van der Waals surface area contributed by atoms with Crippen LogP contribution in [0.4, 0.5) is 0 Å². The molecule has 2 aromatic rings. The van der Waals surface area contributed by atoms with E-state index in [0.29, 0.717) is 6.61 Å². The summed E-state index contributed by atoms with van der Waals surface area (Å²) in [7, 11) is 1.75. The first-order valence-electron chi connectivity index (χ1n) is 6.44. The fourth-order valence-corrected chi connectivity index (χ4v) is 2.35. The molecule has 0 unspecified atom stereocenters. The first kappa shape index (κ1) is 12.8. The Morgan fingerprint density at radius 2 is 1.83 bits per heavy atom. The van der Waals surface area contributed by atoms with Gasteiger partial charge in [0.15, 0.2) is 0 Å². The van der Waals surface area contributed by atoms with Gasteiger partial charge in [0.05, 0.1) is 6.61 Å². The van der Waals surface area contributed by atoms with E-state index in [4.69, 9.17) is 4.74 Å². The average Bonchev–Trinajstić information content (AvgIpc) is 2.38. The van der Waals surface area contributed by atoms with Crippen molar-refractivity contribution in [3.05, 3.63) is 53.6 Å². The number of hydrogen-bond acceptors (Lipinski definition) is 1. The third kappa shape index (κ3) is 2.62. The summed E-state index contributed by atoms with van der Waals surface area (Å²) in [4.78, 5) is 0. The molecule has 0 heterocycles. The SMILES string of the molecule is CC/C=C(\C)c1cc2ccccc2cc1COC. The maximum atomic E-state index is 5.32. The van der Waals surface area contributed by atoms with Crippen molar-refractivity contribution in [3.63, 3.8) is 0 Å². The lowest BCUT2D eigenvalue weighted by atomic mass is 9.96. The van der Waals surface area contributed by atoms with Crippen LogP contribution in [0.3, 0.4) is 0 Å². The van der Waals surface area contributed by atoms with E-state index in [-0.39, 0.29) is 0 Å². The summed E-state index contributed by atoms with van der Waals surface area (Å²) in [6.07, 6.45) is 3.33. The molecule has 0 fully saturated rings.